The lowest BCUT2D eigenvalue weighted by Crippen LogP contribution is -2.32. The van der Waals surface area contributed by atoms with Gasteiger partial charge in [-0.05, 0) is 25.8 Å². The average Bonchev–Trinajstić information content (AvgIpc) is 2.13. The Labute approximate surface area is 55.6 Å². The van der Waals surface area contributed by atoms with Gasteiger partial charge in [-0.1, -0.05) is 6.92 Å². The van der Waals surface area contributed by atoms with E-state index in [0.29, 0.717) is 5.92 Å². The van der Waals surface area contributed by atoms with Crippen LogP contribution in [0.25, 0.3) is 0 Å². The Balaban J connectivity index is 2.49. The van der Waals surface area contributed by atoms with Gasteiger partial charge in [-0.15, -0.1) is 0 Å². The van der Waals surface area contributed by atoms with Gasteiger partial charge in [0, 0.05) is 0 Å². The lowest BCUT2D eigenvalue weighted by atomic mass is 10.0. The Bertz CT molecular complexity index is 122. The van der Waals surface area contributed by atoms with Crippen molar-refractivity contribution in [3.63, 3.8) is 0 Å². The number of nitrogens with one attached hydrogen (secondary N) is 1. The minimum Gasteiger partial charge on any atom is -0.307 e. The Kier molecular flexibility index (Phi) is 1.86. The van der Waals surface area contributed by atoms with Crippen LogP contribution in [0.15, 0.2) is 0 Å². The molecular weight excluding hydrogens is 114 g/mol. The van der Waals surface area contributed by atoms with E-state index in [-0.39, 0.29) is 11.8 Å². The Morgan fingerprint density at radius 1 is 1.67 bits per heavy atom. The molecule has 0 spiro atoms. The van der Waals surface area contributed by atoms with Gasteiger partial charge in [0.2, 0.25) is 0 Å². The summed E-state index contributed by atoms with van der Waals surface area (Å²) in [4.78, 5) is 10.8. The molecule has 1 heterocycles. The van der Waals surface area contributed by atoms with E-state index >= 15 is 0 Å². The number of carbonyl (C=O) groups is 1. The molecule has 0 radical (unpaired) electrons. The molecule has 0 bridgehead atoms. The van der Waals surface area contributed by atoms with Crippen LogP contribution in [0, 0.1) is 5.92 Å². The first-order valence-electron chi connectivity index (χ1n) is 3.45. The molecular formula is C7H13NO. The van der Waals surface area contributed by atoms with Gasteiger partial charge in [0.05, 0.1) is 6.04 Å². The first-order chi connectivity index (χ1) is 4.22. The summed E-state index contributed by atoms with van der Waals surface area (Å²) in [6, 6.07) is 0.144. The summed E-state index contributed by atoms with van der Waals surface area (Å²) in [7, 11) is 0. The molecule has 0 saturated carbocycles. The first kappa shape index (κ1) is 6.75. The fourth-order valence-corrected chi connectivity index (χ4v) is 1.38. The third kappa shape index (κ3) is 1.30. The summed E-state index contributed by atoms with van der Waals surface area (Å²) in [5.74, 6) is 0.822. The minimum absolute atomic E-state index is 0.144. The van der Waals surface area contributed by atoms with Crippen molar-refractivity contribution in [1.82, 2.24) is 5.32 Å². The molecule has 1 N–H and O–H groups in total. The molecule has 9 heavy (non-hydrogen) atoms. The van der Waals surface area contributed by atoms with Crippen molar-refractivity contribution in [3.05, 3.63) is 0 Å². The second-order valence-electron chi connectivity index (χ2n) is 2.81. The van der Waals surface area contributed by atoms with Gasteiger partial charge in [-0.2, -0.15) is 0 Å². The molecule has 0 amide bonds. The van der Waals surface area contributed by atoms with Gasteiger partial charge in [-0.3, -0.25) is 4.79 Å². The lowest BCUT2D eigenvalue weighted by molar-refractivity contribution is -0.119. The highest BCUT2D eigenvalue weighted by Gasteiger charge is 2.25. The van der Waals surface area contributed by atoms with Crippen molar-refractivity contribution in [2.75, 3.05) is 6.54 Å². The van der Waals surface area contributed by atoms with Gasteiger partial charge in [0.15, 0.2) is 0 Å². The van der Waals surface area contributed by atoms with E-state index in [1.165, 1.54) is 0 Å². The fourth-order valence-electron chi connectivity index (χ4n) is 1.38. The molecule has 2 heteroatoms. The monoisotopic (exact) mass is 127 g/mol. The van der Waals surface area contributed by atoms with E-state index in [0.717, 1.165) is 13.0 Å². The number of ketones is 1. The van der Waals surface area contributed by atoms with E-state index in [2.05, 4.69) is 12.2 Å². The topological polar surface area (TPSA) is 29.1 Å². The average molecular weight is 127 g/mol. The predicted octanol–water partition coefficient (Wildman–Crippen LogP) is 0.573. The molecule has 1 aliphatic heterocycles. The van der Waals surface area contributed by atoms with Crippen LogP contribution in [0.3, 0.4) is 0 Å². The zero-order valence-electron chi connectivity index (χ0n) is 5.98. The largest absolute Gasteiger partial charge is 0.307 e. The van der Waals surface area contributed by atoms with E-state index in [9.17, 15) is 4.79 Å². The Morgan fingerprint density at radius 3 is 2.56 bits per heavy atom. The van der Waals surface area contributed by atoms with Crippen LogP contribution in [-0.2, 0) is 4.79 Å². The van der Waals surface area contributed by atoms with Crippen molar-refractivity contribution in [2.24, 2.45) is 5.92 Å². The molecule has 1 unspecified atom stereocenters. The molecule has 2 nitrogen and oxygen atoms in total. The maximum atomic E-state index is 10.8. The molecule has 2 atom stereocenters. The van der Waals surface area contributed by atoms with Gasteiger partial charge >= 0.3 is 0 Å². The van der Waals surface area contributed by atoms with Gasteiger partial charge in [-0.25, -0.2) is 0 Å². The van der Waals surface area contributed by atoms with Crippen LogP contribution in [0.2, 0.25) is 0 Å². The summed E-state index contributed by atoms with van der Waals surface area (Å²) in [5, 5.41) is 3.16. The Morgan fingerprint density at radius 2 is 2.33 bits per heavy atom. The van der Waals surface area contributed by atoms with Crippen LogP contribution in [-0.4, -0.2) is 18.4 Å². The van der Waals surface area contributed by atoms with E-state index in [1.54, 1.807) is 6.92 Å². The summed E-state index contributed by atoms with van der Waals surface area (Å²) < 4.78 is 0. The van der Waals surface area contributed by atoms with Crippen LogP contribution in [0.1, 0.15) is 20.3 Å². The first-order valence-corrected chi connectivity index (χ1v) is 3.45. The predicted molar refractivity (Wildman–Crippen MR) is 36.3 cm³/mol. The van der Waals surface area contributed by atoms with Gasteiger partial charge < -0.3 is 5.32 Å². The maximum absolute atomic E-state index is 10.8. The fraction of sp³-hybridized carbons (Fsp3) is 0.857. The second-order valence-corrected chi connectivity index (χ2v) is 2.81. The number of rotatable bonds is 1. The normalized spacial score (nSPS) is 34.9. The summed E-state index contributed by atoms with van der Waals surface area (Å²) >= 11 is 0. The number of hydrogen-bond acceptors (Lipinski definition) is 2. The highest BCUT2D eigenvalue weighted by atomic mass is 16.1. The molecule has 0 aromatic heterocycles. The maximum Gasteiger partial charge on any atom is 0.146 e. The smallest absolute Gasteiger partial charge is 0.146 e. The van der Waals surface area contributed by atoms with Crippen LogP contribution < -0.4 is 5.32 Å². The van der Waals surface area contributed by atoms with Crippen molar-refractivity contribution < 1.29 is 4.79 Å². The van der Waals surface area contributed by atoms with Crippen molar-refractivity contribution in [1.29, 1.82) is 0 Å². The molecule has 0 aromatic carbocycles. The Hall–Kier alpha value is -0.370. The minimum atomic E-state index is 0.144. The molecule has 1 rings (SSSR count). The highest BCUT2D eigenvalue weighted by molar-refractivity contribution is 5.82. The van der Waals surface area contributed by atoms with Crippen molar-refractivity contribution >= 4 is 5.78 Å². The standard InChI is InChI=1S/C7H13NO/c1-5-3-4-8-7(5)6(2)9/h5,7-8H,3-4H2,1-2H3/t5-,7?/m0/s1. The van der Waals surface area contributed by atoms with Crippen LogP contribution in [0.5, 0.6) is 0 Å². The third-order valence-electron chi connectivity index (χ3n) is 1.97. The van der Waals surface area contributed by atoms with Crippen molar-refractivity contribution in [2.45, 2.75) is 26.3 Å². The molecule has 1 aliphatic rings. The van der Waals surface area contributed by atoms with E-state index in [1.807, 2.05) is 0 Å². The summed E-state index contributed by atoms with van der Waals surface area (Å²) in [5.41, 5.74) is 0. The second kappa shape index (κ2) is 2.48. The van der Waals surface area contributed by atoms with E-state index < -0.39 is 0 Å². The lowest BCUT2D eigenvalue weighted by Gasteiger charge is -2.09. The highest BCUT2D eigenvalue weighted by Crippen LogP contribution is 2.14. The van der Waals surface area contributed by atoms with Gasteiger partial charge in [0.1, 0.15) is 5.78 Å². The zero-order chi connectivity index (χ0) is 6.85. The molecule has 0 aromatic rings. The SMILES string of the molecule is CC(=O)C1NCC[C@@H]1C. The molecule has 1 fully saturated rings. The van der Waals surface area contributed by atoms with Crippen LogP contribution >= 0.6 is 0 Å². The quantitative estimate of drug-likeness (QED) is 0.558. The number of Topliss-reactive ketones (excluding diaryl/α,β-unsaturated/α-hetero) is 1. The number of hydrogen-bond donors (Lipinski definition) is 1. The van der Waals surface area contributed by atoms with Crippen molar-refractivity contribution in [3.8, 4) is 0 Å². The molecule has 52 valence electrons. The summed E-state index contributed by atoms with van der Waals surface area (Å²) in [6.07, 6.45) is 1.14. The van der Waals surface area contributed by atoms with Crippen LogP contribution in [0.4, 0.5) is 0 Å². The molecule has 1 saturated heterocycles. The molecule has 0 aliphatic carbocycles. The van der Waals surface area contributed by atoms with E-state index in [4.69, 9.17) is 0 Å². The van der Waals surface area contributed by atoms with Gasteiger partial charge in [0.25, 0.3) is 0 Å². The third-order valence-corrected chi connectivity index (χ3v) is 1.97. The summed E-state index contributed by atoms with van der Waals surface area (Å²) in [6.45, 7) is 4.77. The number of carbonyl (C=O) groups excluding carboxylic acids is 1. The zero-order valence-corrected chi connectivity index (χ0v) is 5.98.